The molecule has 0 fully saturated rings. The Bertz CT molecular complexity index is 707. The highest BCUT2D eigenvalue weighted by molar-refractivity contribution is 5.82. The molecule has 0 saturated heterocycles. The minimum Gasteiger partial charge on any atom is -0.334 e. The topological polar surface area (TPSA) is 77.8 Å². The summed E-state index contributed by atoms with van der Waals surface area (Å²) in [5, 5.41) is 4.96. The normalized spacial score (nSPS) is 12.7. The molecule has 3 aromatic rings. The van der Waals surface area contributed by atoms with Crippen LogP contribution >= 0.6 is 0 Å². The van der Waals surface area contributed by atoms with Gasteiger partial charge in [0.15, 0.2) is 5.82 Å². The van der Waals surface area contributed by atoms with E-state index in [2.05, 4.69) is 15.1 Å². The zero-order valence-electron chi connectivity index (χ0n) is 10.6. The lowest BCUT2D eigenvalue weighted by molar-refractivity contribution is 0.415. The van der Waals surface area contributed by atoms with Crippen molar-refractivity contribution in [1.82, 2.24) is 15.1 Å². The van der Waals surface area contributed by atoms with Crippen LogP contribution in [0.25, 0.3) is 22.4 Å². The molecule has 2 heterocycles. The number of nitrogens with zero attached hydrogens (tertiary/aromatic N) is 3. The van der Waals surface area contributed by atoms with Crippen LogP contribution in [-0.4, -0.2) is 15.1 Å². The van der Waals surface area contributed by atoms with E-state index in [0.29, 0.717) is 11.7 Å². The van der Waals surface area contributed by atoms with Crippen molar-refractivity contribution < 1.29 is 4.52 Å². The van der Waals surface area contributed by atoms with Gasteiger partial charge in [0.1, 0.15) is 0 Å². The molecular weight excluding hydrogens is 240 g/mol. The third kappa shape index (κ3) is 2.20. The van der Waals surface area contributed by atoms with Crippen molar-refractivity contribution in [2.75, 3.05) is 0 Å². The van der Waals surface area contributed by atoms with Gasteiger partial charge in [-0.25, -0.2) is 0 Å². The molecule has 19 heavy (non-hydrogen) atoms. The predicted molar refractivity (Wildman–Crippen MR) is 72.3 cm³/mol. The second-order valence-electron chi connectivity index (χ2n) is 4.38. The standard InChI is InChI=1S/C14H14N4O/c1-2-11(15)13-17-14(19-18-13)10-5-6-12-9(8-10)4-3-7-16-12/h3-8,11H,2,15H2,1H3. The third-order valence-corrected chi connectivity index (χ3v) is 3.06. The largest absolute Gasteiger partial charge is 0.334 e. The number of pyridine rings is 1. The number of rotatable bonds is 3. The van der Waals surface area contributed by atoms with Gasteiger partial charge in [-0.3, -0.25) is 4.98 Å². The van der Waals surface area contributed by atoms with E-state index in [9.17, 15) is 0 Å². The molecule has 0 amide bonds. The summed E-state index contributed by atoms with van der Waals surface area (Å²) < 4.78 is 5.26. The molecule has 0 aliphatic carbocycles. The van der Waals surface area contributed by atoms with Gasteiger partial charge in [-0.2, -0.15) is 4.98 Å². The van der Waals surface area contributed by atoms with Crippen molar-refractivity contribution >= 4 is 10.9 Å². The molecule has 0 aliphatic heterocycles. The third-order valence-electron chi connectivity index (χ3n) is 3.06. The van der Waals surface area contributed by atoms with Crippen LogP contribution < -0.4 is 5.73 Å². The average molecular weight is 254 g/mol. The zero-order valence-corrected chi connectivity index (χ0v) is 10.6. The summed E-state index contributed by atoms with van der Waals surface area (Å²) in [6, 6.07) is 9.56. The highest BCUT2D eigenvalue weighted by atomic mass is 16.5. The minimum atomic E-state index is -0.181. The molecule has 1 aromatic carbocycles. The van der Waals surface area contributed by atoms with Crippen molar-refractivity contribution in [3.63, 3.8) is 0 Å². The van der Waals surface area contributed by atoms with Crippen molar-refractivity contribution in [1.29, 1.82) is 0 Å². The summed E-state index contributed by atoms with van der Waals surface area (Å²) in [5.41, 5.74) is 7.70. The lowest BCUT2D eigenvalue weighted by Crippen LogP contribution is -2.10. The number of hydrogen-bond acceptors (Lipinski definition) is 5. The van der Waals surface area contributed by atoms with Crippen LogP contribution in [-0.2, 0) is 0 Å². The Hall–Kier alpha value is -2.27. The van der Waals surface area contributed by atoms with Crippen molar-refractivity contribution in [3.8, 4) is 11.5 Å². The number of fused-ring (bicyclic) bond motifs is 1. The minimum absolute atomic E-state index is 0.181. The summed E-state index contributed by atoms with van der Waals surface area (Å²) in [5.74, 6) is 1.04. The number of benzene rings is 1. The van der Waals surface area contributed by atoms with Crippen LogP contribution in [0.1, 0.15) is 25.2 Å². The molecule has 0 saturated carbocycles. The molecule has 1 unspecified atom stereocenters. The number of nitrogens with two attached hydrogens (primary N) is 1. The van der Waals surface area contributed by atoms with Crippen LogP contribution in [0.2, 0.25) is 0 Å². The molecule has 2 aromatic heterocycles. The fourth-order valence-electron chi connectivity index (χ4n) is 1.89. The summed E-state index contributed by atoms with van der Waals surface area (Å²) in [7, 11) is 0. The summed E-state index contributed by atoms with van der Waals surface area (Å²) >= 11 is 0. The van der Waals surface area contributed by atoms with Gasteiger partial charge in [0.2, 0.25) is 0 Å². The first kappa shape index (κ1) is 11.8. The van der Waals surface area contributed by atoms with Gasteiger partial charge < -0.3 is 10.3 Å². The maximum absolute atomic E-state index is 5.88. The van der Waals surface area contributed by atoms with Crippen molar-refractivity contribution in [3.05, 3.63) is 42.4 Å². The first-order chi connectivity index (χ1) is 9.28. The van der Waals surface area contributed by atoms with E-state index in [0.717, 1.165) is 22.9 Å². The van der Waals surface area contributed by atoms with Gasteiger partial charge >= 0.3 is 0 Å². The van der Waals surface area contributed by atoms with Crippen LogP contribution in [0.3, 0.4) is 0 Å². The van der Waals surface area contributed by atoms with Crippen molar-refractivity contribution in [2.45, 2.75) is 19.4 Å². The smallest absolute Gasteiger partial charge is 0.258 e. The molecule has 1 atom stereocenters. The maximum Gasteiger partial charge on any atom is 0.258 e. The zero-order chi connectivity index (χ0) is 13.2. The highest BCUT2D eigenvalue weighted by Gasteiger charge is 2.13. The first-order valence-corrected chi connectivity index (χ1v) is 6.22. The lowest BCUT2D eigenvalue weighted by Gasteiger charge is -2.00. The van der Waals surface area contributed by atoms with E-state index in [4.69, 9.17) is 10.3 Å². The molecule has 0 bridgehead atoms. The molecular formula is C14H14N4O. The predicted octanol–water partition coefficient (Wildman–Crippen LogP) is 2.69. The van der Waals surface area contributed by atoms with Gasteiger partial charge in [-0.15, -0.1) is 0 Å². The lowest BCUT2D eigenvalue weighted by atomic mass is 10.1. The highest BCUT2D eigenvalue weighted by Crippen LogP contribution is 2.23. The molecule has 5 heteroatoms. The summed E-state index contributed by atoms with van der Waals surface area (Å²) in [6.07, 6.45) is 2.55. The molecule has 0 radical (unpaired) electrons. The molecule has 5 nitrogen and oxygen atoms in total. The van der Waals surface area contributed by atoms with E-state index in [-0.39, 0.29) is 6.04 Å². The number of hydrogen-bond donors (Lipinski definition) is 1. The average Bonchev–Trinajstić information content (AvgIpc) is 2.95. The molecule has 0 spiro atoms. The monoisotopic (exact) mass is 254 g/mol. The van der Waals surface area contributed by atoms with Crippen LogP contribution in [0.4, 0.5) is 0 Å². The Kier molecular flexibility index (Phi) is 2.97. The second-order valence-corrected chi connectivity index (χ2v) is 4.38. The van der Waals surface area contributed by atoms with E-state index in [1.807, 2.05) is 37.3 Å². The van der Waals surface area contributed by atoms with Crippen LogP contribution in [0.15, 0.2) is 41.1 Å². The maximum atomic E-state index is 5.88. The Labute approximate surface area is 110 Å². The summed E-state index contributed by atoms with van der Waals surface area (Å²) in [6.45, 7) is 1.99. The molecule has 2 N–H and O–H groups in total. The van der Waals surface area contributed by atoms with Gasteiger partial charge in [-0.05, 0) is 30.7 Å². The fraction of sp³-hybridized carbons (Fsp3) is 0.214. The van der Waals surface area contributed by atoms with E-state index >= 15 is 0 Å². The van der Waals surface area contributed by atoms with Gasteiger partial charge in [-0.1, -0.05) is 18.1 Å². The number of aromatic nitrogens is 3. The van der Waals surface area contributed by atoms with E-state index < -0.39 is 0 Å². The molecule has 3 rings (SSSR count). The van der Waals surface area contributed by atoms with E-state index in [1.165, 1.54) is 0 Å². The molecule has 0 aliphatic rings. The Morgan fingerprint density at radius 3 is 3.05 bits per heavy atom. The molecule has 96 valence electrons. The van der Waals surface area contributed by atoms with Gasteiger partial charge in [0.05, 0.1) is 11.6 Å². The van der Waals surface area contributed by atoms with Crippen LogP contribution in [0, 0.1) is 0 Å². The van der Waals surface area contributed by atoms with Crippen LogP contribution in [0.5, 0.6) is 0 Å². The van der Waals surface area contributed by atoms with E-state index in [1.54, 1.807) is 6.20 Å². The summed E-state index contributed by atoms with van der Waals surface area (Å²) in [4.78, 5) is 8.61. The SMILES string of the molecule is CCC(N)c1noc(-c2ccc3ncccc3c2)n1. The van der Waals surface area contributed by atoms with Crippen molar-refractivity contribution in [2.24, 2.45) is 5.73 Å². The van der Waals surface area contributed by atoms with Gasteiger partial charge in [0, 0.05) is 17.1 Å². The second kappa shape index (κ2) is 4.78. The van der Waals surface area contributed by atoms with Gasteiger partial charge in [0.25, 0.3) is 5.89 Å². The Morgan fingerprint density at radius 1 is 1.32 bits per heavy atom. The fourth-order valence-corrected chi connectivity index (χ4v) is 1.89. The Balaban J connectivity index is 2.01. The first-order valence-electron chi connectivity index (χ1n) is 6.22. The Morgan fingerprint density at radius 2 is 2.21 bits per heavy atom. The quantitative estimate of drug-likeness (QED) is 0.777.